The molecule has 1 aromatic carbocycles. The summed E-state index contributed by atoms with van der Waals surface area (Å²) in [5, 5.41) is -0.222. The SMILES string of the molecule is COC(=O)C(CCC(C)Cl)c1ccccc1C(F)(F)F. The van der Waals surface area contributed by atoms with Gasteiger partial charge in [-0.25, -0.2) is 0 Å². The number of carbonyl (C=O) groups is 1. The highest BCUT2D eigenvalue weighted by Crippen LogP contribution is 2.37. The molecule has 20 heavy (non-hydrogen) atoms. The molecule has 0 spiro atoms. The van der Waals surface area contributed by atoms with Gasteiger partial charge in [-0.3, -0.25) is 4.79 Å². The third-order valence-electron chi connectivity index (χ3n) is 2.98. The molecular formula is C14H16ClF3O2. The lowest BCUT2D eigenvalue weighted by atomic mass is 9.89. The fourth-order valence-corrected chi connectivity index (χ4v) is 2.12. The van der Waals surface area contributed by atoms with Crippen molar-refractivity contribution in [2.75, 3.05) is 7.11 Å². The average molecular weight is 309 g/mol. The van der Waals surface area contributed by atoms with Crippen LogP contribution in [0.25, 0.3) is 0 Å². The van der Waals surface area contributed by atoms with Gasteiger partial charge in [0.2, 0.25) is 0 Å². The number of carbonyl (C=O) groups excluding carboxylic acids is 1. The molecule has 0 bridgehead atoms. The average Bonchev–Trinajstić information content (AvgIpc) is 2.37. The number of methoxy groups -OCH3 is 1. The van der Waals surface area contributed by atoms with Crippen molar-refractivity contribution in [1.29, 1.82) is 0 Å². The van der Waals surface area contributed by atoms with Crippen LogP contribution in [-0.4, -0.2) is 18.5 Å². The fourth-order valence-electron chi connectivity index (χ4n) is 2.00. The van der Waals surface area contributed by atoms with E-state index in [0.717, 1.165) is 13.2 Å². The van der Waals surface area contributed by atoms with Crippen molar-refractivity contribution in [1.82, 2.24) is 0 Å². The molecule has 1 aromatic rings. The van der Waals surface area contributed by atoms with Crippen molar-refractivity contribution in [2.24, 2.45) is 0 Å². The molecule has 0 saturated carbocycles. The van der Waals surface area contributed by atoms with Gasteiger partial charge in [0.25, 0.3) is 0 Å². The first-order valence-corrected chi connectivity index (χ1v) is 6.59. The van der Waals surface area contributed by atoms with Gasteiger partial charge in [0.1, 0.15) is 0 Å². The highest BCUT2D eigenvalue weighted by Gasteiger charge is 2.36. The van der Waals surface area contributed by atoms with Crippen LogP contribution in [-0.2, 0) is 15.7 Å². The van der Waals surface area contributed by atoms with Crippen LogP contribution in [0.1, 0.15) is 36.8 Å². The highest BCUT2D eigenvalue weighted by atomic mass is 35.5. The lowest BCUT2D eigenvalue weighted by molar-refractivity contribution is -0.144. The highest BCUT2D eigenvalue weighted by molar-refractivity contribution is 6.20. The molecule has 0 aliphatic carbocycles. The van der Waals surface area contributed by atoms with Crippen LogP contribution in [0.3, 0.4) is 0 Å². The molecule has 0 N–H and O–H groups in total. The van der Waals surface area contributed by atoms with Crippen molar-refractivity contribution >= 4 is 17.6 Å². The normalized spacial score (nSPS) is 14.7. The Hall–Kier alpha value is -1.23. The van der Waals surface area contributed by atoms with Crippen LogP contribution < -0.4 is 0 Å². The van der Waals surface area contributed by atoms with E-state index in [9.17, 15) is 18.0 Å². The van der Waals surface area contributed by atoms with E-state index in [0.29, 0.717) is 6.42 Å². The van der Waals surface area contributed by atoms with Crippen LogP contribution in [0.4, 0.5) is 13.2 Å². The second-order valence-electron chi connectivity index (χ2n) is 4.52. The summed E-state index contributed by atoms with van der Waals surface area (Å²) in [6, 6.07) is 5.05. The molecule has 1 rings (SSSR count). The Labute approximate surface area is 120 Å². The molecule has 0 aliphatic rings. The number of esters is 1. The fraction of sp³-hybridized carbons (Fsp3) is 0.500. The molecule has 0 fully saturated rings. The van der Waals surface area contributed by atoms with E-state index in [1.165, 1.54) is 18.2 Å². The molecule has 2 atom stereocenters. The molecule has 0 saturated heterocycles. The number of alkyl halides is 4. The molecule has 0 amide bonds. The molecule has 6 heteroatoms. The van der Waals surface area contributed by atoms with Gasteiger partial charge in [0.05, 0.1) is 18.6 Å². The maximum absolute atomic E-state index is 13.0. The van der Waals surface area contributed by atoms with E-state index in [2.05, 4.69) is 4.74 Å². The van der Waals surface area contributed by atoms with Crippen LogP contribution >= 0.6 is 11.6 Å². The van der Waals surface area contributed by atoms with Crippen LogP contribution in [0, 0.1) is 0 Å². The van der Waals surface area contributed by atoms with Gasteiger partial charge in [-0.05, 0) is 31.4 Å². The number of halogens is 4. The van der Waals surface area contributed by atoms with E-state index >= 15 is 0 Å². The minimum absolute atomic E-state index is 0.0656. The molecular weight excluding hydrogens is 293 g/mol. The smallest absolute Gasteiger partial charge is 0.416 e. The van der Waals surface area contributed by atoms with Gasteiger partial charge in [-0.15, -0.1) is 11.6 Å². The first kappa shape index (κ1) is 16.8. The monoisotopic (exact) mass is 308 g/mol. The third kappa shape index (κ3) is 4.40. The Morgan fingerprint density at radius 2 is 1.90 bits per heavy atom. The minimum Gasteiger partial charge on any atom is -0.469 e. The molecule has 112 valence electrons. The minimum atomic E-state index is -4.50. The van der Waals surface area contributed by atoms with Crippen molar-refractivity contribution in [3.63, 3.8) is 0 Å². The van der Waals surface area contributed by atoms with Crippen LogP contribution in [0.2, 0.25) is 0 Å². The van der Waals surface area contributed by atoms with Gasteiger partial charge in [-0.2, -0.15) is 13.2 Å². The summed E-state index contributed by atoms with van der Waals surface area (Å²) in [4.78, 5) is 11.8. The number of hydrogen-bond acceptors (Lipinski definition) is 2. The van der Waals surface area contributed by atoms with E-state index in [1.54, 1.807) is 6.92 Å². The summed E-state index contributed by atoms with van der Waals surface area (Å²) in [6.45, 7) is 1.73. The summed E-state index contributed by atoms with van der Waals surface area (Å²) in [5.41, 5.74) is -0.873. The predicted octanol–water partition coefficient (Wildman–Crippen LogP) is 4.37. The van der Waals surface area contributed by atoms with Crippen molar-refractivity contribution in [3.8, 4) is 0 Å². The van der Waals surface area contributed by atoms with Crippen LogP contribution in [0.15, 0.2) is 24.3 Å². The third-order valence-corrected chi connectivity index (χ3v) is 3.20. The van der Waals surface area contributed by atoms with Gasteiger partial charge in [0, 0.05) is 5.38 Å². The second-order valence-corrected chi connectivity index (χ2v) is 5.26. The topological polar surface area (TPSA) is 26.3 Å². The number of benzene rings is 1. The predicted molar refractivity (Wildman–Crippen MR) is 70.8 cm³/mol. The van der Waals surface area contributed by atoms with Gasteiger partial charge < -0.3 is 4.74 Å². The number of ether oxygens (including phenoxy) is 1. The largest absolute Gasteiger partial charge is 0.469 e. The number of rotatable bonds is 5. The second kappa shape index (κ2) is 6.97. The Morgan fingerprint density at radius 1 is 1.30 bits per heavy atom. The molecule has 0 aliphatic heterocycles. The lowest BCUT2D eigenvalue weighted by Gasteiger charge is -2.20. The summed E-state index contributed by atoms with van der Waals surface area (Å²) in [6.07, 6.45) is -3.87. The van der Waals surface area contributed by atoms with E-state index in [4.69, 9.17) is 11.6 Å². The first-order chi connectivity index (χ1) is 9.27. The number of hydrogen-bond donors (Lipinski definition) is 0. The lowest BCUT2D eigenvalue weighted by Crippen LogP contribution is -2.20. The maximum Gasteiger partial charge on any atom is 0.416 e. The van der Waals surface area contributed by atoms with Gasteiger partial charge in [-0.1, -0.05) is 18.2 Å². The van der Waals surface area contributed by atoms with Gasteiger partial charge in [0.15, 0.2) is 0 Å². The zero-order valence-electron chi connectivity index (χ0n) is 11.2. The van der Waals surface area contributed by atoms with Crippen molar-refractivity contribution in [3.05, 3.63) is 35.4 Å². The van der Waals surface area contributed by atoms with Crippen molar-refractivity contribution < 1.29 is 22.7 Å². The first-order valence-electron chi connectivity index (χ1n) is 6.15. The summed E-state index contributed by atoms with van der Waals surface area (Å²) >= 11 is 5.81. The maximum atomic E-state index is 13.0. The molecule has 0 radical (unpaired) electrons. The quantitative estimate of drug-likeness (QED) is 0.596. The Morgan fingerprint density at radius 3 is 2.40 bits per heavy atom. The molecule has 0 aromatic heterocycles. The Kier molecular flexibility index (Phi) is 5.87. The molecule has 2 nitrogen and oxygen atoms in total. The molecule has 2 unspecified atom stereocenters. The summed E-state index contributed by atoms with van der Waals surface area (Å²) < 4.78 is 43.6. The van der Waals surface area contributed by atoms with Crippen LogP contribution in [0.5, 0.6) is 0 Å². The summed E-state index contributed by atoms with van der Waals surface area (Å²) in [7, 11) is 1.16. The summed E-state index contributed by atoms with van der Waals surface area (Å²) in [5.74, 6) is -1.64. The molecule has 0 heterocycles. The standard InChI is InChI=1S/C14H16ClF3O2/c1-9(15)7-8-11(13(19)20-2)10-5-3-4-6-12(10)14(16,17)18/h3-6,9,11H,7-8H2,1-2H3. The Balaban J connectivity index is 3.17. The van der Waals surface area contributed by atoms with Gasteiger partial charge >= 0.3 is 12.1 Å². The zero-order chi connectivity index (χ0) is 15.3. The van der Waals surface area contributed by atoms with E-state index in [-0.39, 0.29) is 17.4 Å². The van der Waals surface area contributed by atoms with Crippen molar-refractivity contribution in [2.45, 2.75) is 37.2 Å². The van der Waals surface area contributed by atoms with E-state index < -0.39 is 23.6 Å². The van der Waals surface area contributed by atoms with E-state index in [1.807, 2.05) is 0 Å². The Bertz CT molecular complexity index is 458. The zero-order valence-corrected chi connectivity index (χ0v) is 12.0.